The molecule has 0 bridgehead atoms. The van der Waals surface area contributed by atoms with Gasteiger partial charge in [-0.15, -0.1) is 0 Å². The molecule has 0 aliphatic carbocycles. The Morgan fingerprint density at radius 1 is 1.34 bits per heavy atom. The highest BCUT2D eigenvalue weighted by Gasteiger charge is 2.42. The maximum Gasteiger partial charge on any atom is 0.416 e. The molecule has 0 unspecified atom stereocenters. The molecule has 2 aliphatic heterocycles. The second-order valence-electron chi connectivity index (χ2n) is 6.63. The summed E-state index contributed by atoms with van der Waals surface area (Å²) < 4.78 is 44.1. The summed E-state index contributed by atoms with van der Waals surface area (Å²) in [6.45, 7) is 1.75. The van der Waals surface area contributed by atoms with E-state index in [2.05, 4.69) is 5.10 Å². The smallest absolute Gasteiger partial charge is 0.416 e. The predicted molar refractivity (Wildman–Crippen MR) is 96.1 cm³/mol. The summed E-state index contributed by atoms with van der Waals surface area (Å²) in [7, 11) is 0. The van der Waals surface area contributed by atoms with Crippen molar-refractivity contribution >= 4 is 17.8 Å². The number of halogens is 2. The lowest BCUT2D eigenvalue weighted by atomic mass is 10.1. The van der Waals surface area contributed by atoms with Gasteiger partial charge < -0.3 is 19.9 Å². The number of benzene rings is 1. The van der Waals surface area contributed by atoms with Crippen LogP contribution in [-0.2, 0) is 16.1 Å². The number of hydrogen-bond acceptors (Lipinski definition) is 6. The lowest BCUT2D eigenvalue weighted by Gasteiger charge is -2.17. The minimum Gasteiger partial charge on any atom is -0.491 e. The molecule has 1 aromatic heterocycles. The molecule has 0 radical (unpaired) electrons. The molecule has 0 spiro atoms. The molecule has 154 valence electrons. The normalized spacial score (nSPS) is 19.1. The lowest BCUT2D eigenvalue weighted by Crippen LogP contribution is -2.39. The molecule has 29 heavy (non-hydrogen) atoms. The highest BCUT2D eigenvalue weighted by atomic mass is 19.3. The van der Waals surface area contributed by atoms with Gasteiger partial charge in [0.1, 0.15) is 30.8 Å². The summed E-state index contributed by atoms with van der Waals surface area (Å²) >= 11 is 0. The van der Waals surface area contributed by atoms with Crippen molar-refractivity contribution in [1.82, 2.24) is 9.78 Å². The molecule has 0 saturated carbocycles. The van der Waals surface area contributed by atoms with Crippen molar-refractivity contribution in [3.63, 3.8) is 0 Å². The largest absolute Gasteiger partial charge is 0.491 e. The monoisotopic (exact) mass is 408 g/mol. The number of aromatic nitrogens is 2. The van der Waals surface area contributed by atoms with Gasteiger partial charge in [-0.3, -0.25) is 9.48 Å². The molecule has 2 amide bonds. The van der Waals surface area contributed by atoms with Crippen LogP contribution in [0, 0.1) is 0 Å². The molecule has 2 atom stereocenters. The molecule has 1 aromatic carbocycles. The average molecular weight is 408 g/mol. The molecular formula is C18H18F2N4O5. The molecule has 9 nitrogen and oxygen atoms in total. The predicted octanol–water partition coefficient (Wildman–Crippen LogP) is 1.79. The molecule has 11 heteroatoms. The number of carbonyl (C=O) groups is 2. The fourth-order valence-corrected chi connectivity index (χ4v) is 3.20. The van der Waals surface area contributed by atoms with Crippen molar-refractivity contribution in [2.45, 2.75) is 32.0 Å². The van der Waals surface area contributed by atoms with Crippen LogP contribution >= 0.6 is 0 Å². The van der Waals surface area contributed by atoms with E-state index in [1.807, 2.05) is 0 Å². The number of hydrogen-bond donors (Lipinski definition) is 1. The van der Waals surface area contributed by atoms with Crippen LogP contribution in [-0.4, -0.2) is 53.6 Å². The molecule has 3 heterocycles. The SMILES string of the molecule is C[C@H](Oc1ccc2c(c1)OCCn1nc(N3C(=O)OC[C@H]3C(F)F)cc1-2)C(N)=O. The third-order valence-electron chi connectivity index (χ3n) is 4.71. The zero-order valence-corrected chi connectivity index (χ0v) is 15.4. The molecule has 1 fully saturated rings. The number of anilines is 1. The number of ether oxygens (including phenoxy) is 3. The van der Waals surface area contributed by atoms with Gasteiger partial charge in [0.05, 0.1) is 12.2 Å². The fraction of sp³-hybridized carbons (Fsp3) is 0.389. The second-order valence-corrected chi connectivity index (χ2v) is 6.63. The Balaban J connectivity index is 1.68. The van der Waals surface area contributed by atoms with E-state index in [4.69, 9.17) is 19.9 Å². The summed E-state index contributed by atoms with van der Waals surface area (Å²) in [5, 5.41) is 4.30. The first kappa shape index (κ1) is 19.0. The van der Waals surface area contributed by atoms with Gasteiger partial charge in [-0.1, -0.05) is 0 Å². The summed E-state index contributed by atoms with van der Waals surface area (Å²) in [4.78, 5) is 24.0. The summed E-state index contributed by atoms with van der Waals surface area (Å²) in [5.74, 6) is 0.348. The zero-order valence-electron chi connectivity index (χ0n) is 15.4. The Bertz CT molecular complexity index is 964. The van der Waals surface area contributed by atoms with Crippen LogP contribution in [0.3, 0.4) is 0 Å². The molecule has 2 aliphatic rings. The number of rotatable bonds is 5. The van der Waals surface area contributed by atoms with Crippen LogP contribution in [0.1, 0.15) is 6.92 Å². The van der Waals surface area contributed by atoms with Crippen LogP contribution < -0.4 is 20.1 Å². The standard InChI is InChI=1S/C18H18F2N4O5/c1-9(17(21)25)29-10-2-3-11-12-7-15(22-23(12)4-5-27-14(11)6-10)24-13(16(19)20)8-28-18(24)26/h2-3,6-7,9,13,16H,4-5,8H2,1H3,(H2,21,25)/t9-,13-/m0/s1. The van der Waals surface area contributed by atoms with Crippen LogP contribution in [0.4, 0.5) is 19.4 Å². The first-order valence-corrected chi connectivity index (χ1v) is 8.90. The number of nitrogens with zero attached hydrogens (tertiary/aromatic N) is 3. The summed E-state index contributed by atoms with van der Waals surface area (Å²) in [5.41, 5.74) is 6.45. The average Bonchev–Trinajstić information content (AvgIpc) is 3.21. The maximum atomic E-state index is 13.3. The minimum absolute atomic E-state index is 0.0864. The van der Waals surface area contributed by atoms with Crippen molar-refractivity contribution in [2.24, 2.45) is 5.73 Å². The number of carbonyl (C=O) groups excluding carboxylic acids is 2. The summed E-state index contributed by atoms with van der Waals surface area (Å²) in [6.07, 6.45) is -4.43. The van der Waals surface area contributed by atoms with E-state index in [9.17, 15) is 18.4 Å². The van der Waals surface area contributed by atoms with Crippen molar-refractivity contribution in [3.8, 4) is 22.8 Å². The van der Waals surface area contributed by atoms with E-state index in [0.717, 1.165) is 4.90 Å². The minimum atomic E-state index is -2.76. The van der Waals surface area contributed by atoms with Crippen molar-refractivity contribution in [1.29, 1.82) is 0 Å². The molecule has 2 aromatic rings. The third-order valence-corrected chi connectivity index (χ3v) is 4.71. The fourth-order valence-electron chi connectivity index (χ4n) is 3.20. The van der Waals surface area contributed by atoms with Crippen LogP contribution in [0.15, 0.2) is 24.3 Å². The maximum absolute atomic E-state index is 13.3. The molecule has 4 rings (SSSR count). The van der Waals surface area contributed by atoms with Crippen molar-refractivity contribution < 1.29 is 32.6 Å². The molecular weight excluding hydrogens is 390 g/mol. The van der Waals surface area contributed by atoms with Gasteiger partial charge in [0, 0.05) is 17.7 Å². The van der Waals surface area contributed by atoms with E-state index in [0.29, 0.717) is 29.3 Å². The van der Waals surface area contributed by atoms with E-state index < -0.39 is 37.2 Å². The Hall–Kier alpha value is -3.37. The first-order chi connectivity index (χ1) is 13.8. The number of amides is 2. The Kier molecular flexibility index (Phi) is 4.73. The topological polar surface area (TPSA) is 109 Å². The third kappa shape index (κ3) is 3.43. The van der Waals surface area contributed by atoms with Gasteiger partial charge in [0.2, 0.25) is 0 Å². The lowest BCUT2D eigenvalue weighted by molar-refractivity contribution is -0.123. The van der Waals surface area contributed by atoms with Crippen LogP contribution in [0.5, 0.6) is 11.5 Å². The highest BCUT2D eigenvalue weighted by molar-refractivity contribution is 5.90. The number of nitrogens with two attached hydrogens (primary N) is 1. The second kappa shape index (κ2) is 7.22. The van der Waals surface area contributed by atoms with E-state index in [1.165, 1.54) is 6.92 Å². The van der Waals surface area contributed by atoms with Gasteiger partial charge in [-0.2, -0.15) is 5.10 Å². The van der Waals surface area contributed by atoms with Gasteiger partial charge in [-0.25, -0.2) is 18.5 Å². The van der Waals surface area contributed by atoms with E-state index in [-0.39, 0.29) is 12.4 Å². The Morgan fingerprint density at radius 2 is 2.14 bits per heavy atom. The van der Waals surface area contributed by atoms with Crippen molar-refractivity contribution in [2.75, 3.05) is 18.1 Å². The Morgan fingerprint density at radius 3 is 2.86 bits per heavy atom. The number of fused-ring (bicyclic) bond motifs is 3. The van der Waals surface area contributed by atoms with E-state index in [1.54, 1.807) is 28.9 Å². The van der Waals surface area contributed by atoms with Crippen LogP contribution in [0.2, 0.25) is 0 Å². The molecule has 2 N–H and O–H groups in total. The Labute approximate surface area is 163 Å². The first-order valence-electron chi connectivity index (χ1n) is 8.90. The van der Waals surface area contributed by atoms with Crippen molar-refractivity contribution in [3.05, 3.63) is 24.3 Å². The van der Waals surface area contributed by atoms with Gasteiger partial charge in [0.15, 0.2) is 11.9 Å². The van der Waals surface area contributed by atoms with Gasteiger partial charge >= 0.3 is 6.09 Å². The summed E-state index contributed by atoms with van der Waals surface area (Å²) in [6, 6.07) is 5.11. The van der Waals surface area contributed by atoms with Gasteiger partial charge in [-0.05, 0) is 19.1 Å². The number of primary amides is 1. The number of alkyl halides is 2. The molecule has 1 saturated heterocycles. The van der Waals surface area contributed by atoms with E-state index >= 15 is 0 Å². The van der Waals surface area contributed by atoms with Crippen LogP contribution in [0.25, 0.3) is 11.3 Å². The van der Waals surface area contributed by atoms with Gasteiger partial charge in [0.25, 0.3) is 12.3 Å². The zero-order chi connectivity index (χ0) is 20.7. The quantitative estimate of drug-likeness (QED) is 0.808. The number of cyclic esters (lactones) is 1. The highest BCUT2D eigenvalue weighted by Crippen LogP contribution is 2.38.